The van der Waals surface area contributed by atoms with Gasteiger partial charge in [-0.2, -0.15) is 0 Å². The Morgan fingerprint density at radius 2 is 1.71 bits per heavy atom. The topological polar surface area (TPSA) is 96.9 Å². The number of urea groups is 1. The third-order valence-corrected chi connectivity index (χ3v) is 8.54. The molecule has 4 aliphatic rings. The van der Waals surface area contributed by atoms with Crippen LogP contribution in [0.25, 0.3) is 0 Å². The van der Waals surface area contributed by atoms with E-state index in [-0.39, 0.29) is 10.5 Å². The van der Waals surface area contributed by atoms with E-state index in [4.69, 9.17) is 4.74 Å². The van der Waals surface area contributed by atoms with Gasteiger partial charge in [0.15, 0.2) is 9.92 Å². The number of nitrogens with zero attached hydrogens (tertiary/aromatic N) is 1. The van der Waals surface area contributed by atoms with Gasteiger partial charge in [-0.1, -0.05) is 12.1 Å². The molecule has 31 heavy (non-hydrogen) atoms. The highest BCUT2D eigenvalue weighted by molar-refractivity contribution is 7.93. The first-order valence-electron chi connectivity index (χ1n) is 10.9. The largest absolute Gasteiger partial charge is 0.492 e. The van der Waals surface area contributed by atoms with Crippen molar-refractivity contribution in [2.24, 2.45) is 4.36 Å². The van der Waals surface area contributed by atoms with Crippen molar-refractivity contribution < 1.29 is 18.5 Å². The van der Waals surface area contributed by atoms with Crippen LogP contribution in [0, 0.1) is 0 Å². The van der Waals surface area contributed by atoms with E-state index in [2.05, 4.69) is 20.5 Å². The highest BCUT2D eigenvalue weighted by Crippen LogP contribution is 2.40. The standard InChI is InChI=1S/C23H23N3O4S/c27-22-18-10-9-13-6-3-11-30-20(13)21(18)31(29,25-22)26-23(28)24-19-16-7-1-4-14(16)12-15-5-2-8-17(15)19/h9-10,12H,1-8,11H2,(H2,24,25,26,27,28,29). The average Bonchev–Trinajstić information content (AvgIpc) is 3.46. The number of ether oxygens (including phenoxy) is 1. The number of hydrogen-bond donors (Lipinski definition) is 2. The Morgan fingerprint density at radius 3 is 2.45 bits per heavy atom. The number of benzene rings is 2. The number of carbonyl (C=O) groups is 2. The molecule has 2 heterocycles. The summed E-state index contributed by atoms with van der Waals surface area (Å²) in [5, 5.41) is 2.94. The summed E-state index contributed by atoms with van der Waals surface area (Å²) < 4.78 is 26.0. The predicted octanol–water partition coefficient (Wildman–Crippen LogP) is 3.71. The molecule has 0 radical (unpaired) electrons. The fourth-order valence-corrected chi connectivity index (χ4v) is 7.14. The van der Waals surface area contributed by atoms with E-state index in [1.165, 1.54) is 22.3 Å². The molecule has 6 rings (SSSR count). The molecule has 0 bridgehead atoms. The Morgan fingerprint density at radius 1 is 1.00 bits per heavy atom. The molecule has 2 aromatic carbocycles. The number of nitrogens with one attached hydrogen (secondary N) is 2. The number of fused-ring (bicyclic) bond motifs is 5. The van der Waals surface area contributed by atoms with Gasteiger partial charge in [0, 0.05) is 5.69 Å². The van der Waals surface area contributed by atoms with E-state index in [0.29, 0.717) is 12.4 Å². The van der Waals surface area contributed by atoms with E-state index in [0.717, 1.165) is 62.6 Å². The second-order valence-electron chi connectivity index (χ2n) is 8.60. The van der Waals surface area contributed by atoms with Crippen molar-refractivity contribution in [1.29, 1.82) is 0 Å². The van der Waals surface area contributed by atoms with Crippen LogP contribution in [0.5, 0.6) is 5.75 Å². The second-order valence-corrected chi connectivity index (χ2v) is 10.4. The lowest BCUT2D eigenvalue weighted by atomic mass is 9.99. The van der Waals surface area contributed by atoms with Gasteiger partial charge in [-0.15, -0.1) is 4.36 Å². The van der Waals surface area contributed by atoms with Gasteiger partial charge < -0.3 is 10.1 Å². The van der Waals surface area contributed by atoms with Crippen LogP contribution in [0.3, 0.4) is 0 Å². The smallest absolute Gasteiger partial charge is 0.355 e. The minimum atomic E-state index is -3.46. The first-order chi connectivity index (χ1) is 15.0. The van der Waals surface area contributed by atoms with Gasteiger partial charge in [-0.05, 0) is 85.3 Å². The predicted molar refractivity (Wildman–Crippen MR) is 116 cm³/mol. The minimum Gasteiger partial charge on any atom is -0.492 e. The number of anilines is 1. The lowest BCUT2D eigenvalue weighted by Gasteiger charge is -2.20. The van der Waals surface area contributed by atoms with Gasteiger partial charge >= 0.3 is 6.03 Å². The Bertz CT molecular complexity index is 1260. The summed E-state index contributed by atoms with van der Waals surface area (Å²) in [7, 11) is -3.46. The molecule has 0 aromatic heterocycles. The van der Waals surface area contributed by atoms with Crippen LogP contribution in [0.4, 0.5) is 10.5 Å². The molecule has 2 aromatic rings. The summed E-state index contributed by atoms with van der Waals surface area (Å²) in [6, 6.07) is 5.07. The number of carbonyl (C=O) groups excluding carboxylic acids is 2. The molecule has 0 fully saturated rings. The highest BCUT2D eigenvalue weighted by Gasteiger charge is 2.37. The van der Waals surface area contributed by atoms with Gasteiger partial charge in [0.25, 0.3) is 5.91 Å². The average molecular weight is 438 g/mol. The summed E-state index contributed by atoms with van der Waals surface area (Å²) in [5.41, 5.74) is 6.94. The number of hydrogen-bond acceptors (Lipinski definition) is 4. The van der Waals surface area contributed by atoms with E-state index in [9.17, 15) is 13.8 Å². The first-order valence-corrected chi connectivity index (χ1v) is 12.4. The van der Waals surface area contributed by atoms with Crippen LogP contribution < -0.4 is 14.8 Å². The molecule has 8 heteroatoms. The maximum atomic E-state index is 13.7. The van der Waals surface area contributed by atoms with Gasteiger partial charge in [0.2, 0.25) is 0 Å². The lowest BCUT2D eigenvalue weighted by Crippen LogP contribution is -2.24. The van der Waals surface area contributed by atoms with E-state index in [1.807, 2.05) is 6.07 Å². The molecule has 2 N–H and O–H groups in total. The molecule has 3 amide bonds. The van der Waals surface area contributed by atoms with Gasteiger partial charge in [-0.3, -0.25) is 9.52 Å². The Kier molecular flexibility index (Phi) is 4.15. The molecule has 2 aliphatic heterocycles. The van der Waals surface area contributed by atoms with Gasteiger partial charge in [-0.25, -0.2) is 9.00 Å². The first kappa shape index (κ1) is 18.9. The quantitative estimate of drug-likeness (QED) is 0.711. The molecular formula is C23H23N3O4S. The fraction of sp³-hybridized carbons (Fsp3) is 0.391. The minimum absolute atomic E-state index is 0.216. The maximum Gasteiger partial charge on any atom is 0.355 e. The monoisotopic (exact) mass is 437 g/mol. The second kappa shape index (κ2) is 6.82. The zero-order valence-corrected chi connectivity index (χ0v) is 17.9. The van der Waals surface area contributed by atoms with Crippen molar-refractivity contribution in [2.75, 3.05) is 11.9 Å². The SMILES string of the molecule is O=C(N=S1(=O)NC(=O)c2ccc3c(c21)OCCC3)Nc1c2c(cc3c1CCC3)CCC2. The Labute approximate surface area is 180 Å². The molecule has 0 spiro atoms. The molecule has 0 saturated carbocycles. The normalized spacial score (nSPS) is 22.6. The Balaban J connectivity index is 1.42. The zero-order chi connectivity index (χ0) is 21.2. The van der Waals surface area contributed by atoms with Crippen LogP contribution in [0.1, 0.15) is 57.4 Å². The highest BCUT2D eigenvalue weighted by atomic mass is 32.2. The van der Waals surface area contributed by atoms with Crippen molar-refractivity contribution in [3.05, 3.63) is 51.6 Å². The number of aryl methyl sites for hydroxylation is 3. The van der Waals surface area contributed by atoms with Crippen molar-refractivity contribution in [2.45, 2.75) is 56.3 Å². The fourth-order valence-electron chi connectivity index (χ4n) is 5.36. The molecule has 1 atom stereocenters. The van der Waals surface area contributed by atoms with Gasteiger partial charge in [0.1, 0.15) is 10.6 Å². The number of amides is 3. The molecule has 160 valence electrons. The van der Waals surface area contributed by atoms with Crippen LogP contribution >= 0.6 is 0 Å². The van der Waals surface area contributed by atoms with Crippen molar-refractivity contribution in [3.63, 3.8) is 0 Å². The molecule has 7 nitrogen and oxygen atoms in total. The molecule has 2 aliphatic carbocycles. The van der Waals surface area contributed by atoms with Gasteiger partial charge in [0.05, 0.1) is 12.2 Å². The molecule has 1 unspecified atom stereocenters. The van der Waals surface area contributed by atoms with Crippen molar-refractivity contribution in [1.82, 2.24) is 4.72 Å². The van der Waals surface area contributed by atoms with E-state index < -0.39 is 21.9 Å². The third kappa shape index (κ3) is 2.88. The summed E-state index contributed by atoms with van der Waals surface area (Å²) in [4.78, 5) is 25.7. The summed E-state index contributed by atoms with van der Waals surface area (Å²) >= 11 is 0. The molecule has 0 saturated heterocycles. The number of rotatable bonds is 1. The molecular weight excluding hydrogens is 414 g/mol. The van der Waals surface area contributed by atoms with Crippen LogP contribution in [0.15, 0.2) is 27.5 Å². The summed E-state index contributed by atoms with van der Waals surface area (Å²) in [6.07, 6.45) is 7.67. The maximum absolute atomic E-state index is 13.7. The van der Waals surface area contributed by atoms with Crippen molar-refractivity contribution in [3.8, 4) is 5.75 Å². The summed E-state index contributed by atoms with van der Waals surface area (Å²) in [5.74, 6) is -0.0554. The van der Waals surface area contributed by atoms with E-state index >= 15 is 0 Å². The van der Waals surface area contributed by atoms with Crippen LogP contribution in [-0.2, 0) is 42.0 Å². The Hall–Kier alpha value is -2.87. The zero-order valence-electron chi connectivity index (χ0n) is 17.1. The van der Waals surface area contributed by atoms with Crippen LogP contribution in [0.2, 0.25) is 0 Å². The summed E-state index contributed by atoms with van der Waals surface area (Å²) in [6.45, 7) is 0.488. The van der Waals surface area contributed by atoms with Crippen LogP contribution in [-0.4, -0.2) is 22.8 Å². The third-order valence-electron chi connectivity index (χ3n) is 6.70. The van der Waals surface area contributed by atoms with Crippen molar-refractivity contribution >= 4 is 27.5 Å². The van der Waals surface area contributed by atoms with E-state index in [1.54, 1.807) is 6.07 Å². The lowest BCUT2D eigenvalue weighted by molar-refractivity contribution is 0.0985.